The van der Waals surface area contributed by atoms with Gasteiger partial charge in [-0.05, 0) is 42.2 Å². The van der Waals surface area contributed by atoms with Gasteiger partial charge in [0.1, 0.15) is 0 Å². The second kappa shape index (κ2) is 5.77. The fourth-order valence-electron chi connectivity index (χ4n) is 1.96. The monoisotopic (exact) mass is 241 g/mol. The molecule has 3 nitrogen and oxygen atoms in total. The Bertz CT molecular complexity index is 294. The van der Waals surface area contributed by atoms with E-state index in [2.05, 4.69) is 16.8 Å². The molecule has 4 heteroatoms. The predicted molar refractivity (Wildman–Crippen MR) is 65.6 cm³/mol. The maximum Gasteiger partial charge on any atom is 0.0984 e. The second-order valence-electron chi connectivity index (χ2n) is 4.28. The molecule has 0 saturated carbocycles. The van der Waals surface area contributed by atoms with E-state index in [-0.39, 0.29) is 12.1 Å². The molecule has 2 unspecified atom stereocenters. The zero-order valence-electron chi connectivity index (χ0n) is 9.59. The number of hydrogen-bond donors (Lipinski definition) is 1. The van der Waals surface area contributed by atoms with Crippen molar-refractivity contribution in [1.29, 1.82) is 0 Å². The molecule has 1 saturated heterocycles. The molecular weight excluding hydrogens is 222 g/mol. The third kappa shape index (κ3) is 3.04. The van der Waals surface area contributed by atoms with E-state index in [1.807, 2.05) is 6.92 Å². The summed E-state index contributed by atoms with van der Waals surface area (Å²) in [6.07, 6.45) is 2.28. The molecule has 1 aliphatic heterocycles. The third-order valence-electron chi connectivity index (χ3n) is 2.86. The average molecular weight is 241 g/mol. The Morgan fingerprint density at radius 2 is 2.25 bits per heavy atom. The van der Waals surface area contributed by atoms with Gasteiger partial charge < -0.3 is 15.2 Å². The Morgan fingerprint density at radius 3 is 2.81 bits per heavy atom. The minimum absolute atomic E-state index is 0.0225. The van der Waals surface area contributed by atoms with Crippen LogP contribution in [0.25, 0.3) is 0 Å². The first kappa shape index (κ1) is 12.0. The van der Waals surface area contributed by atoms with E-state index in [1.165, 1.54) is 5.56 Å². The number of hydrogen-bond acceptors (Lipinski definition) is 4. The van der Waals surface area contributed by atoms with Gasteiger partial charge in [0, 0.05) is 19.3 Å². The van der Waals surface area contributed by atoms with Gasteiger partial charge in [-0.1, -0.05) is 0 Å². The first-order valence-electron chi connectivity index (χ1n) is 5.78. The molecule has 0 aliphatic carbocycles. The van der Waals surface area contributed by atoms with Crippen LogP contribution in [0.5, 0.6) is 0 Å². The zero-order chi connectivity index (χ0) is 11.4. The van der Waals surface area contributed by atoms with E-state index in [4.69, 9.17) is 15.2 Å². The van der Waals surface area contributed by atoms with Crippen molar-refractivity contribution in [2.24, 2.45) is 5.73 Å². The summed E-state index contributed by atoms with van der Waals surface area (Å²) < 4.78 is 11.4. The smallest absolute Gasteiger partial charge is 0.0984 e. The highest BCUT2D eigenvalue weighted by Crippen LogP contribution is 2.26. The van der Waals surface area contributed by atoms with E-state index < -0.39 is 0 Å². The molecule has 1 aromatic rings. The van der Waals surface area contributed by atoms with Gasteiger partial charge in [-0.15, -0.1) is 0 Å². The normalized spacial score (nSPS) is 21.9. The molecule has 0 radical (unpaired) electrons. The lowest BCUT2D eigenvalue weighted by molar-refractivity contribution is -0.0757. The zero-order valence-corrected chi connectivity index (χ0v) is 10.4. The molecule has 1 aliphatic rings. The first-order valence-corrected chi connectivity index (χ1v) is 6.72. The Labute approximate surface area is 101 Å². The highest BCUT2D eigenvalue weighted by molar-refractivity contribution is 7.07. The Hall–Kier alpha value is -0.420. The van der Waals surface area contributed by atoms with Crippen LogP contribution in [0.3, 0.4) is 0 Å². The van der Waals surface area contributed by atoms with Crippen molar-refractivity contribution < 1.29 is 9.47 Å². The van der Waals surface area contributed by atoms with Crippen molar-refractivity contribution in [3.8, 4) is 0 Å². The van der Waals surface area contributed by atoms with Crippen LogP contribution in [0.1, 0.15) is 31.4 Å². The largest absolute Gasteiger partial charge is 0.381 e. The van der Waals surface area contributed by atoms with E-state index in [9.17, 15) is 0 Å². The van der Waals surface area contributed by atoms with Crippen LogP contribution in [0, 0.1) is 0 Å². The van der Waals surface area contributed by atoms with Crippen LogP contribution in [-0.2, 0) is 9.47 Å². The molecule has 1 fully saturated rings. The van der Waals surface area contributed by atoms with Gasteiger partial charge in [0.2, 0.25) is 0 Å². The van der Waals surface area contributed by atoms with Gasteiger partial charge in [-0.3, -0.25) is 0 Å². The van der Waals surface area contributed by atoms with Gasteiger partial charge in [-0.25, -0.2) is 0 Å². The van der Waals surface area contributed by atoms with Gasteiger partial charge in [0.15, 0.2) is 0 Å². The topological polar surface area (TPSA) is 44.5 Å². The molecule has 16 heavy (non-hydrogen) atoms. The van der Waals surface area contributed by atoms with E-state index in [0.717, 1.165) is 26.1 Å². The number of ether oxygens (including phenoxy) is 2. The van der Waals surface area contributed by atoms with Crippen molar-refractivity contribution in [3.05, 3.63) is 22.4 Å². The molecule has 0 amide bonds. The predicted octanol–water partition coefficient (Wildman–Crippen LogP) is 2.33. The summed E-state index contributed by atoms with van der Waals surface area (Å²) in [5, 5.41) is 4.19. The fourth-order valence-corrected chi connectivity index (χ4v) is 2.65. The highest BCUT2D eigenvalue weighted by atomic mass is 32.1. The summed E-state index contributed by atoms with van der Waals surface area (Å²) in [6, 6.07) is 2.12. The van der Waals surface area contributed by atoms with E-state index >= 15 is 0 Å². The average Bonchev–Trinajstić information content (AvgIpc) is 2.80. The quantitative estimate of drug-likeness (QED) is 0.880. The molecule has 2 rings (SSSR count). The third-order valence-corrected chi connectivity index (χ3v) is 3.56. The van der Waals surface area contributed by atoms with Crippen LogP contribution in [0.2, 0.25) is 0 Å². The number of nitrogens with two attached hydrogens (primary N) is 1. The number of thiophene rings is 1. The van der Waals surface area contributed by atoms with Crippen molar-refractivity contribution in [3.63, 3.8) is 0 Å². The molecule has 2 N–H and O–H groups in total. The molecular formula is C12H19NO2S. The van der Waals surface area contributed by atoms with E-state index in [0.29, 0.717) is 6.10 Å². The van der Waals surface area contributed by atoms with Crippen LogP contribution >= 0.6 is 11.3 Å². The molecule has 2 heterocycles. The van der Waals surface area contributed by atoms with Crippen molar-refractivity contribution >= 4 is 11.3 Å². The lowest BCUT2D eigenvalue weighted by Gasteiger charge is -2.29. The SMILES string of the molecule is CC(N)C(OC1CCOCC1)c1ccsc1. The van der Waals surface area contributed by atoms with Crippen molar-refractivity contribution in [1.82, 2.24) is 0 Å². The summed E-state index contributed by atoms with van der Waals surface area (Å²) in [6.45, 7) is 3.61. The lowest BCUT2D eigenvalue weighted by Crippen LogP contribution is -2.32. The van der Waals surface area contributed by atoms with Crippen LogP contribution < -0.4 is 5.73 Å². The molecule has 90 valence electrons. The molecule has 0 aromatic carbocycles. The van der Waals surface area contributed by atoms with Gasteiger partial charge in [0.25, 0.3) is 0 Å². The molecule has 0 spiro atoms. The highest BCUT2D eigenvalue weighted by Gasteiger charge is 2.23. The maximum atomic E-state index is 6.10. The summed E-state index contributed by atoms with van der Waals surface area (Å²) >= 11 is 1.69. The first-order chi connectivity index (χ1) is 7.77. The summed E-state index contributed by atoms with van der Waals surface area (Å²) in [4.78, 5) is 0. The summed E-state index contributed by atoms with van der Waals surface area (Å²) in [5.74, 6) is 0. The molecule has 2 atom stereocenters. The fraction of sp³-hybridized carbons (Fsp3) is 0.667. The minimum atomic E-state index is 0.0225. The van der Waals surface area contributed by atoms with Gasteiger partial charge in [0.05, 0.1) is 12.2 Å². The minimum Gasteiger partial charge on any atom is -0.381 e. The van der Waals surface area contributed by atoms with Crippen molar-refractivity contribution in [2.75, 3.05) is 13.2 Å². The Kier molecular flexibility index (Phi) is 4.35. The van der Waals surface area contributed by atoms with Gasteiger partial charge in [-0.2, -0.15) is 11.3 Å². The summed E-state index contributed by atoms with van der Waals surface area (Å²) in [5.41, 5.74) is 7.19. The standard InChI is InChI=1S/C12H19NO2S/c1-9(13)12(10-4-7-16-8-10)15-11-2-5-14-6-3-11/h4,7-9,11-12H,2-3,5-6,13H2,1H3. The van der Waals surface area contributed by atoms with Crippen LogP contribution in [0.4, 0.5) is 0 Å². The lowest BCUT2D eigenvalue weighted by atomic mass is 10.1. The molecule has 1 aromatic heterocycles. The molecule has 0 bridgehead atoms. The van der Waals surface area contributed by atoms with Crippen LogP contribution in [0.15, 0.2) is 16.8 Å². The second-order valence-corrected chi connectivity index (χ2v) is 5.06. The Balaban J connectivity index is 1.97. The van der Waals surface area contributed by atoms with Gasteiger partial charge >= 0.3 is 0 Å². The maximum absolute atomic E-state index is 6.10. The number of rotatable bonds is 4. The van der Waals surface area contributed by atoms with Crippen LogP contribution in [-0.4, -0.2) is 25.4 Å². The van der Waals surface area contributed by atoms with Crippen molar-refractivity contribution in [2.45, 2.75) is 38.0 Å². The van der Waals surface area contributed by atoms with E-state index in [1.54, 1.807) is 11.3 Å². The summed E-state index contributed by atoms with van der Waals surface area (Å²) in [7, 11) is 0. The Morgan fingerprint density at radius 1 is 1.50 bits per heavy atom.